The number of aliphatic hydroxyl groups excluding tert-OH is 1. The van der Waals surface area contributed by atoms with Crippen molar-refractivity contribution in [1.82, 2.24) is 9.84 Å². The zero-order valence-corrected chi connectivity index (χ0v) is 13.8. The lowest BCUT2D eigenvalue weighted by Gasteiger charge is -2.38. The molecule has 1 saturated heterocycles. The maximum atomic E-state index is 12.5. The summed E-state index contributed by atoms with van der Waals surface area (Å²) in [6.07, 6.45) is 3.04. The molecule has 0 amide bonds. The van der Waals surface area contributed by atoms with Gasteiger partial charge in [0, 0.05) is 17.1 Å². The monoisotopic (exact) mass is 332 g/mol. The van der Waals surface area contributed by atoms with E-state index in [0.29, 0.717) is 10.6 Å². The van der Waals surface area contributed by atoms with Crippen molar-refractivity contribution in [2.75, 3.05) is 0 Å². The Labute approximate surface area is 130 Å². The SMILES string of the molecule is CC1CCCC(C)N1NS(=O)(=O)c1ccc(Cl)c(CO)c1. The van der Waals surface area contributed by atoms with E-state index in [1.165, 1.54) is 18.2 Å². The summed E-state index contributed by atoms with van der Waals surface area (Å²) in [5.41, 5.74) is 0.402. The molecule has 0 aliphatic carbocycles. The number of aliphatic hydroxyl groups is 1. The molecule has 2 unspecified atom stereocenters. The van der Waals surface area contributed by atoms with Crippen LogP contribution < -0.4 is 4.83 Å². The third-order valence-corrected chi connectivity index (χ3v) is 5.61. The second-order valence-electron chi connectivity index (χ2n) is 5.54. The Morgan fingerprint density at radius 3 is 2.52 bits per heavy atom. The third-order valence-electron chi connectivity index (χ3n) is 3.92. The van der Waals surface area contributed by atoms with E-state index in [1.807, 2.05) is 13.8 Å². The van der Waals surface area contributed by atoms with E-state index in [-0.39, 0.29) is 23.6 Å². The zero-order chi connectivity index (χ0) is 15.6. The normalized spacial score (nSPS) is 24.2. The number of rotatable bonds is 4. The van der Waals surface area contributed by atoms with Crippen LogP contribution in [0.25, 0.3) is 0 Å². The van der Waals surface area contributed by atoms with Crippen LogP contribution in [0.2, 0.25) is 5.02 Å². The molecule has 0 spiro atoms. The van der Waals surface area contributed by atoms with Crippen LogP contribution in [0.5, 0.6) is 0 Å². The van der Waals surface area contributed by atoms with E-state index in [2.05, 4.69) is 4.83 Å². The number of hydrogen-bond donors (Lipinski definition) is 2. The standard InChI is InChI=1S/C14H21ClN2O3S/c1-10-4-3-5-11(2)17(10)16-21(19,20)13-6-7-14(15)12(8-13)9-18/h6-8,10-11,16,18H,3-5,9H2,1-2H3. The molecule has 1 heterocycles. The second-order valence-corrected chi connectivity index (χ2v) is 7.61. The lowest BCUT2D eigenvalue weighted by molar-refractivity contribution is 0.0790. The predicted octanol–water partition coefficient (Wildman–Crippen LogP) is 2.29. The highest BCUT2D eigenvalue weighted by atomic mass is 35.5. The molecule has 7 heteroatoms. The van der Waals surface area contributed by atoms with Crippen molar-refractivity contribution in [1.29, 1.82) is 0 Å². The van der Waals surface area contributed by atoms with Gasteiger partial charge in [-0.2, -0.15) is 0 Å². The molecule has 1 aromatic carbocycles. The topological polar surface area (TPSA) is 69.6 Å². The molecule has 1 aromatic rings. The minimum atomic E-state index is -3.67. The van der Waals surface area contributed by atoms with E-state index in [9.17, 15) is 13.5 Å². The zero-order valence-electron chi connectivity index (χ0n) is 12.2. The molecule has 1 aliphatic heterocycles. The van der Waals surface area contributed by atoms with Crippen LogP contribution in [0.1, 0.15) is 38.7 Å². The van der Waals surface area contributed by atoms with Gasteiger partial charge in [-0.3, -0.25) is 0 Å². The molecular formula is C14H21ClN2O3S. The first-order chi connectivity index (χ1) is 9.85. The second kappa shape index (κ2) is 6.62. The summed E-state index contributed by atoms with van der Waals surface area (Å²) < 4.78 is 25.0. The molecule has 1 aliphatic rings. The molecular weight excluding hydrogens is 312 g/mol. The van der Waals surface area contributed by atoms with Crippen molar-refractivity contribution >= 4 is 21.6 Å². The van der Waals surface area contributed by atoms with E-state index in [0.717, 1.165) is 19.3 Å². The predicted molar refractivity (Wildman–Crippen MR) is 82.3 cm³/mol. The van der Waals surface area contributed by atoms with Crippen molar-refractivity contribution in [3.05, 3.63) is 28.8 Å². The lowest BCUT2D eigenvalue weighted by atomic mass is 10.0. The number of benzene rings is 1. The average Bonchev–Trinajstić information content (AvgIpc) is 2.43. The maximum Gasteiger partial charge on any atom is 0.253 e. The van der Waals surface area contributed by atoms with Crippen LogP contribution in [0.3, 0.4) is 0 Å². The first-order valence-corrected chi connectivity index (χ1v) is 8.91. The molecule has 118 valence electrons. The van der Waals surface area contributed by atoms with Crippen molar-refractivity contribution in [3.8, 4) is 0 Å². The molecule has 5 nitrogen and oxygen atoms in total. The number of sulfonamides is 1. The molecule has 0 radical (unpaired) electrons. The summed E-state index contributed by atoms with van der Waals surface area (Å²) in [5, 5.41) is 11.4. The summed E-state index contributed by atoms with van der Waals surface area (Å²) in [6.45, 7) is 3.73. The van der Waals surface area contributed by atoms with Crippen molar-refractivity contribution in [3.63, 3.8) is 0 Å². The summed E-state index contributed by atoms with van der Waals surface area (Å²) in [6, 6.07) is 4.67. The van der Waals surface area contributed by atoms with Gasteiger partial charge in [0.25, 0.3) is 10.0 Å². The summed E-state index contributed by atoms with van der Waals surface area (Å²) >= 11 is 5.90. The largest absolute Gasteiger partial charge is 0.392 e. The van der Waals surface area contributed by atoms with Crippen LogP contribution in [0.15, 0.2) is 23.1 Å². The van der Waals surface area contributed by atoms with Gasteiger partial charge in [-0.05, 0) is 50.5 Å². The van der Waals surface area contributed by atoms with Gasteiger partial charge in [0.15, 0.2) is 0 Å². The van der Waals surface area contributed by atoms with E-state index >= 15 is 0 Å². The fourth-order valence-electron chi connectivity index (χ4n) is 2.63. The van der Waals surface area contributed by atoms with Crippen molar-refractivity contribution in [2.45, 2.75) is 56.7 Å². The highest BCUT2D eigenvalue weighted by molar-refractivity contribution is 7.89. The molecule has 2 N–H and O–H groups in total. The summed E-state index contributed by atoms with van der Waals surface area (Å²) in [4.78, 5) is 2.77. The summed E-state index contributed by atoms with van der Waals surface area (Å²) in [5.74, 6) is 0. The molecule has 0 bridgehead atoms. The number of nitrogens with one attached hydrogen (secondary N) is 1. The Kier molecular flexibility index (Phi) is 5.27. The Morgan fingerprint density at radius 2 is 1.95 bits per heavy atom. The van der Waals surface area contributed by atoms with Crippen molar-refractivity contribution in [2.24, 2.45) is 0 Å². The lowest BCUT2D eigenvalue weighted by Crippen LogP contribution is -2.53. The van der Waals surface area contributed by atoms with Crippen LogP contribution in [0, 0.1) is 0 Å². The Balaban J connectivity index is 2.25. The van der Waals surface area contributed by atoms with Gasteiger partial charge in [-0.1, -0.05) is 18.0 Å². The molecule has 1 fully saturated rings. The van der Waals surface area contributed by atoms with E-state index in [1.54, 1.807) is 5.01 Å². The number of hydrogen-bond acceptors (Lipinski definition) is 4. The van der Waals surface area contributed by atoms with Crippen molar-refractivity contribution < 1.29 is 13.5 Å². The van der Waals surface area contributed by atoms with Crippen LogP contribution in [0.4, 0.5) is 0 Å². The third kappa shape index (κ3) is 3.76. The Hall–Kier alpha value is -0.660. The minimum absolute atomic E-state index is 0.112. The van der Waals surface area contributed by atoms with Gasteiger partial charge in [0.05, 0.1) is 11.5 Å². The minimum Gasteiger partial charge on any atom is -0.392 e. The maximum absolute atomic E-state index is 12.5. The van der Waals surface area contributed by atoms with Crippen LogP contribution >= 0.6 is 11.6 Å². The Morgan fingerprint density at radius 1 is 1.33 bits per heavy atom. The average molecular weight is 333 g/mol. The quantitative estimate of drug-likeness (QED) is 0.887. The van der Waals surface area contributed by atoms with Gasteiger partial charge < -0.3 is 5.11 Å². The number of hydrazine groups is 1. The highest BCUT2D eigenvalue weighted by Gasteiger charge is 2.29. The van der Waals surface area contributed by atoms with Crippen LogP contribution in [-0.4, -0.2) is 30.6 Å². The number of halogens is 1. The van der Waals surface area contributed by atoms with Gasteiger partial charge in [-0.25, -0.2) is 13.4 Å². The van der Waals surface area contributed by atoms with Gasteiger partial charge >= 0.3 is 0 Å². The molecule has 2 atom stereocenters. The molecule has 2 rings (SSSR count). The fraction of sp³-hybridized carbons (Fsp3) is 0.571. The van der Waals surface area contributed by atoms with Gasteiger partial charge in [0.1, 0.15) is 0 Å². The molecule has 0 aromatic heterocycles. The van der Waals surface area contributed by atoms with Gasteiger partial charge in [-0.15, -0.1) is 4.83 Å². The molecule has 0 saturated carbocycles. The van der Waals surface area contributed by atoms with E-state index in [4.69, 9.17) is 11.6 Å². The fourth-order valence-corrected chi connectivity index (χ4v) is 4.10. The number of nitrogens with zero attached hydrogens (tertiary/aromatic N) is 1. The number of piperidine rings is 1. The summed E-state index contributed by atoms with van der Waals surface area (Å²) in [7, 11) is -3.67. The molecule has 21 heavy (non-hydrogen) atoms. The first kappa shape index (κ1) is 16.7. The first-order valence-electron chi connectivity index (χ1n) is 7.05. The highest BCUT2D eigenvalue weighted by Crippen LogP contribution is 2.24. The van der Waals surface area contributed by atoms with E-state index < -0.39 is 10.0 Å². The van der Waals surface area contributed by atoms with Gasteiger partial charge in [0.2, 0.25) is 0 Å². The smallest absolute Gasteiger partial charge is 0.253 e. The van der Waals surface area contributed by atoms with Crippen LogP contribution in [-0.2, 0) is 16.6 Å². The Bertz CT molecular complexity index is 596.